The molecule has 0 fully saturated rings. The van der Waals surface area contributed by atoms with Crippen molar-refractivity contribution >= 4 is 21.2 Å². The van der Waals surface area contributed by atoms with Crippen molar-refractivity contribution in [2.45, 2.75) is 11.5 Å². The van der Waals surface area contributed by atoms with Crippen LogP contribution in [0.2, 0.25) is 0 Å². The molecule has 18 heavy (non-hydrogen) atoms. The zero-order valence-corrected chi connectivity index (χ0v) is 11.0. The minimum Gasteiger partial charge on any atom is -0.430 e. The number of rotatable bonds is 4. The van der Waals surface area contributed by atoms with E-state index in [1.54, 1.807) is 0 Å². The van der Waals surface area contributed by atoms with Gasteiger partial charge in [-0.1, -0.05) is 16.4 Å². The fraction of sp³-hybridized carbons (Fsp3) is 0.200. The molecule has 6 nitrogen and oxygen atoms in total. The number of nitrogens with zero attached hydrogens (tertiary/aromatic N) is 2. The van der Waals surface area contributed by atoms with Crippen molar-refractivity contribution in [3.63, 3.8) is 0 Å². The second kappa shape index (κ2) is 5.01. The highest BCUT2D eigenvalue weighted by Crippen LogP contribution is 2.25. The molecule has 0 bridgehead atoms. The van der Waals surface area contributed by atoms with Crippen molar-refractivity contribution in [1.82, 2.24) is 10.2 Å². The van der Waals surface area contributed by atoms with Gasteiger partial charge in [-0.05, 0) is 24.3 Å². The molecular formula is C10H10N2O4S2. The predicted molar refractivity (Wildman–Crippen MR) is 65.5 cm³/mol. The number of hydrogen-bond acceptors (Lipinski definition) is 7. The lowest BCUT2D eigenvalue weighted by atomic mass is 10.3. The first-order valence-corrected chi connectivity index (χ1v) is 7.61. The molecule has 0 amide bonds. The molecule has 0 radical (unpaired) electrons. The van der Waals surface area contributed by atoms with Crippen LogP contribution in [0.3, 0.4) is 0 Å². The first-order chi connectivity index (χ1) is 8.49. The van der Waals surface area contributed by atoms with Crippen LogP contribution in [-0.4, -0.2) is 30.0 Å². The van der Waals surface area contributed by atoms with E-state index < -0.39 is 9.84 Å². The number of benzene rings is 1. The van der Waals surface area contributed by atoms with Crippen LogP contribution < -0.4 is 4.74 Å². The van der Waals surface area contributed by atoms with Gasteiger partial charge in [0.05, 0.1) is 11.5 Å². The molecule has 0 atom stereocenters. The lowest BCUT2D eigenvalue weighted by molar-refractivity contribution is 0.280. The minimum atomic E-state index is -3.21. The summed E-state index contributed by atoms with van der Waals surface area (Å²) in [7, 11) is -3.21. The van der Waals surface area contributed by atoms with E-state index in [0.717, 1.165) is 17.6 Å². The molecule has 0 aliphatic rings. The summed E-state index contributed by atoms with van der Waals surface area (Å²) in [5.41, 5.74) is 0. The van der Waals surface area contributed by atoms with Gasteiger partial charge in [0.15, 0.2) is 9.84 Å². The van der Waals surface area contributed by atoms with Crippen LogP contribution in [0.25, 0.3) is 0 Å². The zero-order chi connectivity index (χ0) is 13.2. The van der Waals surface area contributed by atoms with Crippen LogP contribution in [0, 0.1) is 0 Å². The standard InChI is InChI=1S/C10H10N2O4S2/c1-18(14,15)8-4-2-7(3-5-8)16-10-12-11-9(6-13)17-10/h2-5,13H,6H2,1H3. The number of aromatic nitrogens is 2. The highest BCUT2D eigenvalue weighted by Gasteiger charge is 2.08. The SMILES string of the molecule is CS(=O)(=O)c1ccc(Oc2nnc(CO)s2)cc1. The lowest BCUT2D eigenvalue weighted by Crippen LogP contribution is -1.96. The summed E-state index contributed by atoms with van der Waals surface area (Å²) in [6.07, 6.45) is 1.14. The Morgan fingerprint density at radius 3 is 2.44 bits per heavy atom. The van der Waals surface area contributed by atoms with Crippen LogP contribution in [0.15, 0.2) is 29.2 Å². The fourth-order valence-electron chi connectivity index (χ4n) is 1.20. The van der Waals surface area contributed by atoms with E-state index in [0.29, 0.717) is 16.0 Å². The van der Waals surface area contributed by atoms with Gasteiger partial charge in [0, 0.05) is 6.26 Å². The summed E-state index contributed by atoms with van der Waals surface area (Å²) in [6.45, 7) is -0.186. The maximum absolute atomic E-state index is 11.3. The van der Waals surface area contributed by atoms with Crippen molar-refractivity contribution in [2.75, 3.05) is 6.26 Å². The van der Waals surface area contributed by atoms with E-state index in [2.05, 4.69) is 10.2 Å². The van der Waals surface area contributed by atoms with Gasteiger partial charge >= 0.3 is 0 Å². The smallest absolute Gasteiger partial charge is 0.299 e. The van der Waals surface area contributed by atoms with Gasteiger partial charge < -0.3 is 9.84 Å². The van der Waals surface area contributed by atoms with E-state index in [4.69, 9.17) is 9.84 Å². The molecule has 1 aromatic heterocycles. The topological polar surface area (TPSA) is 89.4 Å². The average Bonchev–Trinajstić information content (AvgIpc) is 2.76. The minimum absolute atomic E-state index is 0.186. The third kappa shape index (κ3) is 3.03. The van der Waals surface area contributed by atoms with Crippen molar-refractivity contribution in [3.05, 3.63) is 29.3 Å². The molecule has 0 aliphatic carbocycles. The third-order valence-electron chi connectivity index (χ3n) is 2.04. The van der Waals surface area contributed by atoms with Crippen LogP contribution in [0.4, 0.5) is 0 Å². The van der Waals surface area contributed by atoms with Gasteiger partial charge in [0.25, 0.3) is 5.19 Å². The molecule has 1 aromatic carbocycles. The van der Waals surface area contributed by atoms with E-state index >= 15 is 0 Å². The molecule has 2 rings (SSSR count). The number of aliphatic hydroxyl groups is 1. The Bertz CT molecular complexity index is 634. The molecule has 0 unspecified atom stereocenters. The Morgan fingerprint density at radius 2 is 1.94 bits per heavy atom. The maximum atomic E-state index is 11.3. The number of aliphatic hydroxyl groups excluding tert-OH is 1. The first kappa shape index (κ1) is 12.9. The van der Waals surface area contributed by atoms with Crippen LogP contribution >= 0.6 is 11.3 Å². The second-order valence-electron chi connectivity index (χ2n) is 3.47. The van der Waals surface area contributed by atoms with Gasteiger partial charge in [-0.15, -0.1) is 5.10 Å². The monoisotopic (exact) mass is 286 g/mol. The summed E-state index contributed by atoms with van der Waals surface area (Å²) in [5.74, 6) is 0.461. The molecule has 0 saturated carbocycles. The van der Waals surface area contributed by atoms with Gasteiger partial charge in [-0.3, -0.25) is 0 Å². The Hall–Kier alpha value is -1.51. The van der Waals surface area contributed by atoms with Crippen LogP contribution in [-0.2, 0) is 16.4 Å². The lowest BCUT2D eigenvalue weighted by Gasteiger charge is -2.02. The quantitative estimate of drug-likeness (QED) is 0.909. The van der Waals surface area contributed by atoms with Gasteiger partial charge in [0.2, 0.25) is 0 Å². The van der Waals surface area contributed by atoms with Gasteiger partial charge in [-0.25, -0.2) is 8.42 Å². The molecule has 0 spiro atoms. The highest BCUT2D eigenvalue weighted by atomic mass is 32.2. The van der Waals surface area contributed by atoms with E-state index in [1.807, 2.05) is 0 Å². The molecular weight excluding hydrogens is 276 g/mol. The summed E-state index contributed by atoms with van der Waals surface area (Å²) in [6, 6.07) is 5.99. The number of ether oxygens (including phenoxy) is 1. The summed E-state index contributed by atoms with van der Waals surface area (Å²) in [4.78, 5) is 0.225. The number of sulfone groups is 1. The molecule has 1 heterocycles. The third-order valence-corrected chi connectivity index (χ3v) is 3.96. The Morgan fingerprint density at radius 1 is 1.28 bits per heavy atom. The summed E-state index contributed by atoms with van der Waals surface area (Å²) in [5, 5.41) is 17.0. The number of hydrogen-bond donors (Lipinski definition) is 1. The van der Waals surface area contributed by atoms with Gasteiger partial charge in [-0.2, -0.15) is 0 Å². The predicted octanol–water partition coefficient (Wildman–Crippen LogP) is 1.23. The van der Waals surface area contributed by atoms with E-state index in [9.17, 15) is 8.42 Å². The fourth-order valence-corrected chi connectivity index (χ4v) is 2.40. The molecule has 0 aliphatic heterocycles. The molecule has 96 valence electrons. The van der Waals surface area contributed by atoms with E-state index in [-0.39, 0.29) is 11.5 Å². The second-order valence-corrected chi connectivity index (χ2v) is 6.51. The van der Waals surface area contributed by atoms with Crippen molar-refractivity contribution in [1.29, 1.82) is 0 Å². The zero-order valence-electron chi connectivity index (χ0n) is 9.40. The van der Waals surface area contributed by atoms with Gasteiger partial charge in [0.1, 0.15) is 10.8 Å². The highest BCUT2D eigenvalue weighted by molar-refractivity contribution is 7.90. The first-order valence-electron chi connectivity index (χ1n) is 4.90. The van der Waals surface area contributed by atoms with E-state index in [1.165, 1.54) is 24.3 Å². The normalized spacial score (nSPS) is 11.4. The van der Waals surface area contributed by atoms with Crippen molar-refractivity contribution in [3.8, 4) is 10.9 Å². The van der Waals surface area contributed by atoms with Crippen LogP contribution in [0.1, 0.15) is 5.01 Å². The Labute approximate surface area is 108 Å². The summed E-state index contributed by atoms with van der Waals surface area (Å²) >= 11 is 1.12. The van der Waals surface area contributed by atoms with Crippen molar-refractivity contribution in [2.24, 2.45) is 0 Å². The molecule has 1 N–H and O–H groups in total. The van der Waals surface area contributed by atoms with Crippen LogP contribution in [0.5, 0.6) is 10.9 Å². The Kier molecular flexibility index (Phi) is 3.60. The molecule has 2 aromatic rings. The summed E-state index contributed by atoms with van der Waals surface area (Å²) < 4.78 is 27.9. The average molecular weight is 286 g/mol. The maximum Gasteiger partial charge on any atom is 0.299 e. The largest absolute Gasteiger partial charge is 0.430 e. The van der Waals surface area contributed by atoms with Crippen molar-refractivity contribution < 1.29 is 18.3 Å². The molecule has 0 saturated heterocycles. The molecule has 8 heteroatoms. The Balaban J connectivity index is 2.15.